The summed E-state index contributed by atoms with van der Waals surface area (Å²) in [6.07, 6.45) is 1.08. The van der Waals surface area contributed by atoms with Crippen LogP contribution in [-0.2, 0) is 28.2 Å². The quantitative estimate of drug-likeness (QED) is 0.196. The van der Waals surface area contributed by atoms with Crippen LogP contribution < -0.4 is 10.4 Å². The Bertz CT molecular complexity index is 935. The highest BCUT2D eigenvalue weighted by atomic mass is 32.2. The highest BCUT2D eigenvalue weighted by Gasteiger charge is 2.55. The van der Waals surface area contributed by atoms with E-state index < -0.39 is 18.4 Å². The second kappa shape index (κ2) is 10.8. The van der Waals surface area contributed by atoms with Crippen molar-refractivity contribution in [3.05, 3.63) is 60.7 Å². The molecule has 0 heterocycles. The number of benzene rings is 2. The summed E-state index contributed by atoms with van der Waals surface area (Å²) in [5.41, 5.74) is 0. The molecule has 0 amide bonds. The molecule has 33 heavy (non-hydrogen) atoms. The molecule has 3 atom stereocenters. The third kappa shape index (κ3) is 6.32. The lowest BCUT2D eigenvalue weighted by atomic mass is 10.2. The van der Waals surface area contributed by atoms with Crippen molar-refractivity contribution in [2.75, 3.05) is 40.0 Å². The minimum absolute atomic E-state index is 0.0646. The summed E-state index contributed by atoms with van der Waals surface area (Å²) < 4.78 is 45.9. The van der Waals surface area contributed by atoms with Crippen molar-refractivity contribution in [3.63, 3.8) is 0 Å². The topological polar surface area (TPSA) is 71.1 Å². The van der Waals surface area contributed by atoms with E-state index in [0.29, 0.717) is 13.2 Å². The molecule has 1 saturated carbocycles. The van der Waals surface area contributed by atoms with Gasteiger partial charge < -0.3 is 13.9 Å². The van der Waals surface area contributed by atoms with Crippen molar-refractivity contribution in [2.24, 2.45) is 17.8 Å². The smallest absolute Gasteiger partial charge is 0.264 e. The van der Waals surface area contributed by atoms with E-state index >= 15 is 0 Å². The van der Waals surface area contributed by atoms with Crippen LogP contribution in [0.1, 0.15) is 20.8 Å². The summed E-state index contributed by atoms with van der Waals surface area (Å²) in [7, 11) is -4.57. The predicted molar refractivity (Wildman–Crippen MR) is 133 cm³/mol. The number of rotatable bonds is 12. The molecule has 0 bridgehead atoms. The Labute approximate surface area is 199 Å². The van der Waals surface area contributed by atoms with Crippen LogP contribution in [0.5, 0.6) is 0 Å². The van der Waals surface area contributed by atoms with E-state index in [0.717, 1.165) is 6.26 Å². The largest absolute Gasteiger partial charge is 0.407 e. The van der Waals surface area contributed by atoms with Crippen LogP contribution in [-0.4, -0.2) is 56.7 Å². The molecule has 6 nitrogen and oxygen atoms in total. The Morgan fingerprint density at radius 2 is 1.30 bits per heavy atom. The monoisotopic (exact) mass is 492 g/mol. The van der Waals surface area contributed by atoms with Gasteiger partial charge in [-0.1, -0.05) is 81.4 Å². The van der Waals surface area contributed by atoms with Gasteiger partial charge in [0.2, 0.25) is 0 Å². The first-order valence-electron chi connectivity index (χ1n) is 11.3. The van der Waals surface area contributed by atoms with Crippen molar-refractivity contribution in [2.45, 2.75) is 25.8 Å². The first-order valence-corrected chi connectivity index (χ1v) is 15.0. The van der Waals surface area contributed by atoms with Crippen LogP contribution in [0, 0.1) is 17.8 Å². The molecule has 0 aliphatic heterocycles. The predicted octanol–water partition coefficient (Wildman–Crippen LogP) is 3.02. The molecule has 0 aromatic heterocycles. The van der Waals surface area contributed by atoms with Crippen LogP contribution in [0.4, 0.5) is 0 Å². The number of methoxy groups -OCH3 is 1. The Hall–Kier alpha value is -1.55. The van der Waals surface area contributed by atoms with Crippen molar-refractivity contribution in [3.8, 4) is 0 Å². The van der Waals surface area contributed by atoms with E-state index in [4.69, 9.17) is 18.1 Å². The fraction of sp³-hybridized carbons (Fsp3) is 0.520. The number of hydrogen-bond acceptors (Lipinski definition) is 6. The summed E-state index contributed by atoms with van der Waals surface area (Å²) >= 11 is 0. The minimum atomic E-state index is -3.50. The van der Waals surface area contributed by atoms with E-state index in [1.54, 1.807) is 7.11 Å². The van der Waals surface area contributed by atoms with E-state index in [2.05, 4.69) is 69.3 Å². The molecule has 3 rings (SSSR count). The van der Waals surface area contributed by atoms with Gasteiger partial charge in [0.1, 0.15) is 6.79 Å². The maximum atomic E-state index is 11.6. The van der Waals surface area contributed by atoms with Gasteiger partial charge in [0, 0.05) is 13.7 Å². The van der Waals surface area contributed by atoms with Gasteiger partial charge in [-0.2, -0.15) is 8.42 Å². The molecule has 0 unspecified atom stereocenters. The summed E-state index contributed by atoms with van der Waals surface area (Å²) in [4.78, 5) is 0. The minimum Gasteiger partial charge on any atom is -0.407 e. The molecule has 2 aromatic carbocycles. The Morgan fingerprint density at radius 1 is 0.818 bits per heavy atom. The summed E-state index contributed by atoms with van der Waals surface area (Å²) in [5, 5.41) is 2.33. The molecule has 0 radical (unpaired) electrons. The van der Waals surface area contributed by atoms with Crippen LogP contribution in [0.3, 0.4) is 0 Å². The maximum absolute atomic E-state index is 11.6. The molecule has 1 aliphatic rings. The van der Waals surface area contributed by atoms with Gasteiger partial charge in [-0.05, 0) is 33.2 Å². The molecular weight excluding hydrogens is 456 g/mol. The fourth-order valence-corrected chi connectivity index (χ4v) is 9.72. The second-order valence-corrected chi connectivity index (χ2v) is 15.7. The van der Waals surface area contributed by atoms with E-state index in [1.165, 1.54) is 10.4 Å². The zero-order chi connectivity index (χ0) is 24.1. The van der Waals surface area contributed by atoms with Crippen molar-refractivity contribution >= 4 is 28.8 Å². The van der Waals surface area contributed by atoms with Gasteiger partial charge in [-0.15, -0.1) is 0 Å². The van der Waals surface area contributed by atoms with Gasteiger partial charge in [-0.3, -0.25) is 4.18 Å². The molecule has 0 saturated heterocycles. The van der Waals surface area contributed by atoms with Crippen molar-refractivity contribution < 1.29 is 26.5 Å². The average Bonchev–Trinajstić information content (AvgIpc) is 3.44. The lowest BCUT2D eigenvalue weighted by Crippen LogP contribution is -2.66. The SMILES string of the molecule is COCOC[C@@H]1[C@@H](CO[Si](c2ccccc2)(c2ccccc2)C(C)(C)C)[C@H]1COS(C)(=O)=O. The third-order valence-electron chi connectivity index (χ3n) is 6.40. The molecule has 0 spiro atoms. The molecule has 1 aliphatic carbocycles. The highest BCUT2D eigenvalue weighted by molar-refractivity contribution is 7.85. The second-order valence-electron chi connectivity index (χ2n) is 9.73. The zero-order valence-electron chi connectivity index (χ0n) is 20.2. The molecular formula is C25H36O6SSi. The lowest BCUT2D eigenvalue weighted by molar-refractivity contribution is -0.0372. The van der Waals surface area contributed by atoms with Crippen LogP contribution in [0.2, 0.25) is 5.04 Å². The average molecular weight is 493 g/mol. The fourth-order valence-electron chi connectivity index (χ4n) is 4.72. The van der Waals surface area contributed by atoms with Gasteiger partial charge in [-0.25, -0.2) is 0 Å². The zero-order valence-corrected chi connectivity index (χ0v) is 22.0. The Kier molecular flexibility index (Phi) is 8.53. The van der Waals surface area contributed by atoms with Crippen LogP contribution >= 0.6 is 0 Å². The van der Waals surface area contributed by atoms with Crippen molar-refractivity contribution in [1.82, 2.24) is 0 Å². The van der Waals surface area contributed by atoms with E-state index in [1.807, 2.05) is 12.1 Å². The third-order valence-corrected chi connectivity index (χ3v) is 12.0. The summed E-state index contributed by atoms with van der Waals surface area (Å²) in [6, 6.07) is 21.0. The van der Waals surface area contributed by atoms with Gasteiger partial charge in [0.15, 0.2) is 0 Å². The van der Waals surface area contributed by atoms with Crippen LogP contribution in [0.25, 0.3) is 0 Å². The molecule has 1 fully saturated rings. The number of hydrogen-bond donors (Lipinski definition) is 0. The number of ether oxygens (including phenoxy) is 2. The van der Waals surface area contributed by atoms with Gasteiger partial charge >= 0.3 is 0 Å². The highest BCUT2D eigenvalue weighted by Crippen LogP contribution is 2.48. The van der Waals surface area contributed by atoms with E-state index in [9.17, 15) is 8.42 Å². The molecule has 8 heteroatoms. The Balaban J connectivity index is 1.88. The lowest BCUT2D eigenvalue weighted by Gasteiger charge is -2.43. The first-order chi connectivity index (χ1) is 15.6. The Morgan fingerprint density at radius 3 is 1.76 bits per heavy atom. The van der Waals surface area contributed by atoms with Crippen molar-refractivity contribution in [1.29, 1.82) is 0 Å². The summed E-state index contributed by atoms with van der Waals surface area (Å²) in [6.45, 7) is 8.10. The molecule has 2 aromatic rings. The van der Waals surface area contributed by atoms with Gasteiger partial charge in [0.05, 0.1) is 19.5 Å². The summed E-state index contributed by atoms with van der Waals surface area (Å²) in [5.74, 6) is 0.389. The molecule has 0 N–H and O–H groups in total. The standard InChI is InChI=1S/C25H36O6SSi/c1-25(2,3)33(20-12-8-6-9-13-20,21-14-10-7-11-15-21)31-18-24-22(16-29-19-28-4)23(24)17-30-32(5,26)27/h6-15,22-24H,16-19H2,1-5H3/t22-,23-,24+/m0/s1. The van der Waals surface area contributed by atoms with Crippen LogP contribution in [0.15, 0.2) is 60.7 Å². The first kappa shape index (κ1) is 26.1. The van der Waals surface area contributed by atoms with E-state index in [-0.39, 0.29) is 36.2 Å². The normalized spacial score (nSPS) is 21.2. The van der Waals surface area contributed by atoms with Gasteiger partial charge in [0.25, 0.3) is 18.4 Å². The molecule has 182 valence electrons. The maximum Gasteiger partial charge on any atom is 0.264 e.